The Bertz CT molecular complexity index is 678. The summed E-state index contributed by atoms with van der Waals surface area (Å²) in [5.41, 5.74) is 0.971. The lowest BCUT2D eigenvalue weighted by Crippen LogP contribution is -2.40. The van der Waals surface area contributed by atoms with E-state index in [0.29, 0.717) is 19.1 Å². The van der Waals surface area contributed by atoms with Crippen molar-refractivity contribution in [2.45, 2.75) is 27.3 Å². The molecule has 0 bridgehead atoms. The number of benzene rings is 1. The minimum absolute atomic E-state index is 0.00647. The molecule has 0 spiro atoms. The van der Waals surface area contributed by atoms with Gasteiger partial charge in [-0.3, -0.25) is 9.69 Å². The third-order valence-electron chi connectivity index (χ3n) is 5.88. The second-order valence-corrected chi connectivity index (χ2v) is 8.18. The molecule has 1 amide bonds. The molecular formula is C21H32N2O4. The van der Waals surface area contributed by atoms with E-state index in [2.05, 4.69) is 11.0 Å². The fourth-order valence-electron chi connectivity index (χ4n) is 4.51. The lowest BCUT2D eigenvalue weighted by Gasteiger charge is -2.28. The normalized spacial score (nSPS) is 25.1. The third kappa shape index (κ3) is 3.92. The number of methoxy groups -OCH3 is 1. The number of carbonyl (C=O) groups excluding carboxylic acids is 1. The van der Waals surface area contributed by atoms with Gasteiger partial charge in [-0.15, -0.1) is 0 Å². The number of carbonyl (C=O) groups is 1. The van der Waals surface area contributed by atoms with E-state index in [1.165, 1.54) is 5.56 Å². The average Bonchev–Trinajstić information content (AvgIpc) is 3.16. The van der Waals surface area contributed by atoms with E-state index in [-0.39, 0.29) is 23.8 Å². The Balaban J connectivity index is 1.67. The van der Waals surface area contributed by atoms with Gasteiger partial charge in [-0.2, -0.15) is 0 Å². The molecule has 3 rings (SSSR count). The Kier molecular flexibility index (Phi) is 5.96. The third-order valence-corrected chi connectivity index (χ3v) is 5.88. The maximum absolute atomic E-state index is 12.4. The monoisotopic (exact) mass is 376 g/mol. The molecule has 2 heterocycles. The molecule has 150 valence electrons. The molecule has 0 unspecified atom stereocenters. The molecule has 1 aromatic rings. The van der Waals surface area contributed by atoms with Crippen LogP contribution in [0, 0.1) is 17.3 Å². The van der Waals surface area contributed by atoms with Crippen molar-refractivity contribution >= 4 is 5.91 Å². The van der Waals surface area contributed by atoms with E-state index in [0.717, 1.165) is 37.7 Å². The van der Waals surface area contributed by atoms with Crippen LogP contribution in [-0.2, 0) is 11.3 Å². The molecule has 0 aromatic heterocycles. The maximum Gasteiger partial charge on any atom is 0.225 e. The van der Waals surface area contributed by atoms with Crippen LogP contribution in [0.2, 0.25) is 0 Å². The number of likely N-dealkylation sites (tertiary alicyclic amines) is 2. The standard InChI is InChI=1S/C21H32N2O4/c1-5-27-18-7-6-16(8-19(18)26-4)9-22-10-17-11-23(20(25)15(2)3)13-21(17,12-22)14-24/h6-8,15,17,24H,5,9-14H2,1-4H3/t17-,21+/m0/s1. The van der Waals surface area contributed by atoms with Gasteiger partial charge in [0.1, 0.15) is 0 Å². The number of ether oxygens (including phenoxy) is 2. The molecule has 2 aliphatic heterocycles. The summed E-state index contributed by atoms with van der Waals surface area (Å²) in [5.74, 6) is 2.04. The summed E-state index contributed by atoms with van der Waals surface area (Å²) in [6.45, 7) is 10.5. The molecule has 6 heteroatoms. The highest BCUT2D eigenvalue weighted by Crippen LogP contribution is 2.43. The number of aliphatic hydroxyl groups is 1. The average molecular weight is 376 g/mol. The number of fused-ring (bicyclic) bond motifs is 1. The quantitative estimate of drug-likeness (QED) is 0.789. The van der Waals surface area contributed by atoms with E-state index >= 15 is 0 Å². The highest BCUT2D eigenvalue weighted by atomic mass is 16.5. The first-order valence-corrected chi connectivity index (χ1v) is 9.84. The summed E-state index contributed by atoms with van der Waals surface area (Å²) in [4.78, 5) is 16.7. The second kappa shape index (κ2) is 8.07. The molecule has 1 aromatic carbocycles. The lowest BCUT2D eigenvalue weighted by molar-refractivity contribution is -0.134. The zero-order chi connectivity index (χ0) is 19.6. The van der Waals surface area contributed by atoms with Gasteiger partial charge in [-0.25, -0.2) is 0 Å². The number of hydrogen-bond donors (Lipinski definition) is 1. The highest BCUT2D eigenvalue weighted by molar-refractivity contribution is 5.78. The van der Waals surface area contributed by atoms with Gasteiger partial charge in [0.2, 0.25) is 5.91 Å². The summed E-state index contributed by atoms with van der Waals surface area (Å²) in [7, 11) is 1.66. The molecule has 2 aliphatic rings. The zero-order valence-corrected chi connectivity index (χ0v) is 16.9. The summed E-state index contributed by atoms with van der Waals surface area (Å²) in [5, 5.41) is 10.1. The van der Waals surface area contributed by atoms with Gasteiger partial charge < -0.3 is 19.5 Å². The van der Waals surface area contributed by atoms with Crippen molar-refractivity contribution in [1.29, 1.82) is 0 Å². The summed E-state index contributed by atoms with van der Waals surface area (Å²) >= 11 is 0. The largest absolute Gasteiger partial charge is 0.493 e. The van der Waals surface area contributed by atoms with Gasteiger partial charge >= 0.3 is 0 Å². The number of amides is 1. The second-order valence-electron chi connectivity index (χ2n) is 8.18. The Morgan fingerprint density at radius 2 is 2.07 bits per heavy atom. The van der Waals surface area contributed by atoms with Crippen molar-refractivity contribution in [2.24, 2.45) is 17.3 Å². The number of hydrogen-bond acceptors (Lipinski definition) is 5. The van der Waals surface area contributed by atoms with Crippen molar-refractivity contribution in [3.63, 3.8) is 0 Å². The molecule has 2 saturated heterocycles. The minimum Gasteiger partial charge on any atom is -0.493 e. The number of nitrogens with zero attached hydrogens (tertiary/aromatic N) is 2. The highest BCUT2D eigenvalue weighted by Gasteiger charge is 2.53. The molecule has 27 heavy (non-hydrogen) atoms. The Morgan fingerprint density at radius 1 is 1.30 bits per heavy atom. The van der Waals surface area contributed by atoms with E-state index in [4.69, 9.17) is 9.47 Å². The van der Waals surface area contributed by atoms with Crippen molar-refractivity contribution in [3.8, 4) is 11.5 Å². The first-order valence-electron chi connectivity index (χ1n) is 9.84. The van der Waals surface area contributed by atoms with Crippen LogP contribution in [0.1, 0.15) is 26.3 Å². The van der Waals surface area contributed by atoms with Crippen molar-refractivity contribution in [2.75, 3.05) is 46.5 Å². The Labute approximate surface area is 162 Å². The minimum atomic E-state index is -0.195. The van der Waals surface area contributed by atoms with Gasteiger partial charge in [0.25, 0.3) is 0 Å². The van der Waals surface area contributed by atoms with Crippen LogP contribution in [0.3, 0.4) is 0 Å². The van der Waals surface area contributed by atoms with E-state index in [1.807, 2.05) is 37.8 Å². The van der Waals surface area contributed by atoms with Gasteiger partial charge in [0, 0.05) is 44.1 Å². The van der Waals surface area contributed by atoms with Gasteiger partial charge in [0.15, 0.2) is 11.5 Å². The molecule has 1 N–H and O–H groups in total. The molecule has 2 fully saturated rings. The lowest BCUT2D eigenvalue weighted by atomic mass is 9.82. The topological polar surface area (TPSA) is 62.2 Å². The van der Waals surface area contributed by atoms with Gasteiger partial charge in [-0.1, -0.05) is 19.9 Å². The number of rotatable bonds is 7. The molecule has 6 nitrogen and oxygen atoms in total. The van der Waals surface area contributed by atoms with Crippen LogP contribution >= 0.6 is 0 Å². The van der Waals surface area contributed by atoms with Crippen molar-refractivity contribution < 1.29 is 19.4 Å². The SMILES string of the molecule is CCOc1ccc(CN2C[C@H]3CN(C(=O)C(C)C)C[C@@]3(CO)C2)cc1OC. The van der Waals surface area contributed by atoms with E-state index in [1.54, 1.807) is 7.11 Å². The van der Waals surface area contributed by atoms with Crippen LogP contribution < -0.4 is 9.47 Å². The molecular weight excluding hydrogens is 344 g/mol. The summed E-state index contributed by atoms with van der Waals surface area (Å²) < 4.78 is 11.0. The fourth-order valence-corrected chi connectivity index (χ4v) is 4.51. The first-order chi connectivity index (χ1) is 12.9. The van der Waals surface area contributed by atoms with Crippen molar-refractivity contribution in [3.05, 3.63) is 23.8 Å². The van der Waals surface area contributed by atoms with Crippen LogP contribution in [0.4, 0.5) is 0 Å². The van der Waals surface area contributed by atoms with Crippen LogP contribution in [0.25, 0.3) is 0 Å². The fraction of sp³-hybridized carbons (Fsp3) is 0.667. The number of aliphatic hydroxyl groups excluding tert-OH is 1. The molecule has 2 atom stereocenters. The zero-order valence-electron chi connectivity index (χ0n) is 16.9. The van der Waals surface area contributed by atoms with Gasteiger partial charge in [-0.05, 0) is 30.5 Å². The smallest absolute Gasteiger partial charge is 0.225 e. The summed E-state index contributed by atoms with van der Waals surface area (Å²) in [6.07, 6.45) is 0. The predicted molar refractivity (Wildman–Crippen MR) is 104 cm³/mol. The van der Waals surface area contributed by atoms with Crippen molar-refractivity contribution in [1.82, 2.24) is 9.80 Å². The van der Waals surface area contributed by atoms with Gasteiger partial charge in [0.05, 0.1) is 20.3 Å². The molecule has 0 aliphatic carbocycles. The molecule has 0 radical (unpaired) electrons. The Morgan fingerprint density at radius 3 is 2.67 bits per heavy atom. The summed E-state index contributed by atoms with van der Waals surface area (Å²) in [6, 6.07) is 6.06. The molecule has 0 saturated carbocycles. The van der Waals surface area contributed by atoms with Crippen LogP contribution in [-0.4, -0.2) is 67.3 Å². The van der Waals surface area contributed by atoms with Crippen LogP contribution in [0.15, 0.2) is 18.2 Å². The van der Waals surface area contributed by atoms with Crippen LogP contribution in [0.5, 0.6) is 11.5 Å². The van der Waals surface area contributed by atoms with E-state index < -0.39 is 0 Å². The first kappa shape index (κ1) is 20.0. The predicted octanol–water partition coefficient (Wildman–Crippen LogP) is 2.00. The maximum atomic E-state index is 12.4. The Hall–Kier alpha value is -1.79. The van der Waals surface area contributed by atoms with E-state index in [9.17, 15) is 9.90 Å².